The third-order valence-corrected chi connectivity index (χ3v) is 3.81. The molecule has 0 radical (unpaired) electrons. The molecule has 0 spiro atoms. The number of aromatic nitrogens is 2. The molecule has 1 aromatic heterocycles. The predicted molar refractivity (Wildman–Crippen MR) is 84.7 cm³/mol. The molecule has 1 atom stereocenters. The Bertz CT molecular complexity index is 803. The van der Waals surface area contributed by atoms with Crippen molar-refractivity contribution >= 4 is 45.6 Å². The molecular weight excluding hydrogens is 311 g/mol. The van der Waals surface area contributed by atoms with Crippen molar-refractivity contribution in [3.05, 3.63) is 45.9 Å². The minimum absolute atomic E-state index is 0.0432. The lowest BCUT2D eigenvalue weighted by atomic mass is 10.1. The number of hydrogen-bond acceptors (Lipinski definition) is 5. The Labute approximate surface area is 131 Å². The van der Waals surface area contributed by atoms with Gasteiger partial charge in [-0.1, -0.05) is 29.3 Å². The van der Waals surface area contributed by atoms with Crippen LogP contribution in [0.4, 0.5) is 11.4 Å². The van der Waals surface area contributed by atoms with Gasteiger partial charge in [-0.05, 0) is 47.1 Å². The lowest BCUT2D eigenvalue weighted by Gasteiger charge is -2.17. The minimum atomic E-state index is -0.0432. The smallest absolute Gasteiger partial charge is 0.160 e. The molecule has 0 saturated carbocycles. The van der Waals surface area contributed by atoms with Crippen molar-refractivity contribution in [3.8, 4) is 0 Å². The van der Waals surface area contributed by atoms with Crippen LogP contribution < -0.4 is 11.1 Å². The van der Waals surface area contributed by atoms with Crippen molar-refractivity contribution in [3.63, 3.8) is 0 Å². The van der Waals surface area contributed by atoms with Gasteiger partial charge in [-0.2, -0.15) is 0 Å². The van der Waals surface area contributed by atoms with E-state index in [-0.39, 0.29) is 6.04 Å². The number of nitrogen functional groups attached to an aromatic ring is 1. The molecule has 2 aromatic carbocycles. The number of nitrogens with one attached hydrogen (secondary N) is 1. The monoisotopic (exact) mass is 322 g/mol. The van der Waals surface area contributed by atoms with E-state index in [1.165, 1.54) is 0 Å². The largest absolute Gasteiger partial charge is 0.397 e. The van der Waals surface area contributed by atoms with E-state index in [2.05, 4.69) is 15.6 Å². The van der Waals surface area contributed by atoms with Gasteiger partial charge in [-0.25, -0.2) is 4.63 Å². The Morgan fingerprint density at radius 3 is 2.67 bits per heavy atom. The fourth-order valence-corrected chi connectivity index (χ4v) is 2.74. The molecule has 3 aromatic rings. The van der Waals surface area contributed by atoms with Gasteiger partial charge in [0.2, 0.25) is 0 Å². The van der Waals surface area contributed by atoms with Crippen LogP contribution in [0.15, 0.2) is 35.0 Å². The molecule has 7 heteroatoms. The third-order valence-electron chi connectivity index (χ3n) is 3.25. The zero-order valence-electron chi connectivity index (χ0n) is 11.1. The topological polar surface area (TPSA) is 77.0 Å². The zero-order valence-corrected chi connectivity index (χ0v) is 12.6. The normalized spacial score (nSPS) is 12.5. The fourth-order valence-electron chi connectivity index (χ4n) is 2.17. The Morgan fingerprint density at radius 1 is 1.14 bits per heavy atom. The molecule has 0 aliphatic rings. The summed E-state index contributed by atoms with van der Waals surface area (Å²) in [7, 11) is 0. The molecule has 0 amide bonds. The SMILES string of the molecule is CC(Nc1ccc(N)c2nonc12)c1ccc(Cl)cc1Cl. The van der Waals surface area contributed by atoms with Crippen LogP contribution in [0.3, 0.4) is 0 Å². The van der Waals surface area contributed by atoms with Crippen molar-refractivity contribution in [2.75, 3.05) is 11.1 Å². The second kappa shape index (κ2) is 5.42. The van der Waals surface area contributed by atoms with Crippen LogP contribution in [-0.2, 0) is 0 Å². The van der Waals surface area contributed by atoms with Crippen LogP contribution in [0, 0.1) is 0 Å². The maximum absolute atomic E-state index is 6.22. The van der Waals surface area contributed by atoms with E-state index in [4.69, 9.17) is 33.6 Å². The molecule has 3 N–H and O–H groups in total. The number of halogens is 2. The first kappa shape index (κ1) is 14.0. The highest BCUT2D eigenvalue weighted by molar-refractivity contribution is 6.35. The van der Waals surface area contributed by atoms with E-state index in [9.17, 15) is 0 Å². The van der Waals surface area contributed by atoms with Crippen LogP contribution in [0.2, 0.25) is 10.0 Å². The van der Waals surface area contributed by atoms with Crippen molar-refractivity contribution in [1.82, 2.24) is 10.3 Å². The molecule has 1 unspecified atom stereocenters. The summed E-state index contributed by atoms with van der Waals surface area (Å²) in [6.07, 6.45) is 0. The van der Waals surface area contributed by atoms with E-state index in [1.807, 2.05) is 19.1 Å². The summed E-state index contributed by atoms with van der Waals surface area (Å²) in [6.45, 7) is 1.99. The molecule has 0 bridgehead atoms. The van der Waals surface area contributed by atoms with Gasteiger partial charge >= 0.3 is 0 Å². The third kappa shape index (κ3) is 2.62. The second-order valence-corrected chi connectivity index (χ2v) is 5.54. The summed E-state index contributed by atoms with van der Waals surface area (Å²) in [5.74, 6) is 0. The van der Waals surface area contributed by atoms with Crippen molar-refractivity contribution in [2.45, 2.75) is 13.0 Å². The van der Waals surface area contributed by atoms with Gasteiger partial charge in [-0.15, -0.1) is 0 Å². The summed E-state index contributed by atoms with van der Waals surface area (Å²) in [5, 5.41) is 12.2. The van der Waals surface area contributed by atoms with Gasteiger partial charge in [0.05, 0.1) is 17.4 Å². The van der Waals surface area contributed by atoms with Crippen LogP contribution in [0.25, 0.3) is 11.0 Å². The van der Waals surface area contributed by atoms with E-state index >= 15 is 0 Å². The van der Waals surface area contributed by atoms with Crippen molar-refractivity contribution in [1.29, 1.82) is 0 Å². The van der Waals surface area contributed by atoms with E-state index in [0.717, 1.165) is 11.3 Å². The van der Waals surface area contributed by atoms with Gasteiger partial charge in [-0.3, -0.25) is 0 Å². The van der Waals surface area contributed by atoms with Crippen LogP contribution in [-0.4, -0.2) is 10.3 Å². The number of rotatable bonds is 3. The fraction of sp³-hybridized carbons (Fsp3) is 0.143. The average molecular weight is 323 g/mol. The van der Waals surface area contributed by atoms with Gasteiger partial charge in [0.15, 0.2) is 11.0 Å². The number of fused-ring (bicyclic) bond motifs is 1. The Kier molecular flexibility index (Phi) is 3.61. The minimum Gasteiger partial charge on any atom is -0.397 e. The van der Waals surface area contributed by atoms with Gasteiger partial charge < -0.3 is 11.1 Å². The summed E-state index contributed by atoms with van der Waals surface area (Å²) in [4.78, 5) is 0. The molecule has 0 aliphatic carbocycles. The maximum atomic E-state index is 6.22. The summed E-state index contributed by atoms with van der Waals surface area (Å²) >= 11 is 12.1. The number of nitrogens with zero attached hydrogens (tertiary/aromatic N) is 2. The Hall–Kier alpha value is -1.98. The molecule has 0 aliphatic heterocycles. The first-order valence-electron chi connectivity index (χ1n) is 6.28. The molecule has 5 nitrogen and oxygen atoms in total. The Morgan fingerprint density at radius 2 is 1.90 bits per heavy atom. The summed E-state index contributed by atoms with van der Waals surface area (Å²) in [6, 6.07) is 8.95. The van der Waals surface area contributed by atoms with Crippen LogP contribution in [0.5, 0.6) is 0 Å². The number of benzene rings is 2. The Balaban J connectivity index is 1.94. The average Bonchev–Trinajstić information content (AvgIpc) is 2.92. The highest BCUT2D eigenvalue weighted by Gasteiger charge is 2.14. The number of anilines is 2. The molecule has 1 heterocycles. The zero-order chi connectivity index (χ0) is 15.0. The molecule has 0 saturated heterocycles. The molecule has 0 fully saturated rings. The number of nitrogens with two attached hydrogens (primary N) is 1. The predicted octanol–water partition coefficient (Wildman–Crippen LogP) is 4.28. The highest BCUT2D eigenvalue weighted by atomic mass is 35.5. The van der Waals surface area contributed by atoms with Crippen molar-refractivity contribution < 1.29 is 4.63 Å². The van der Waals surface area contributed by atoms with Crippen LogP contribution >= 0.6 is 23.2 Å². The van der Waals surface area contributed by atoms with Crippen molar-refractivity contribution in [2.24, 2.45) is 0 Å². The summed E-state index contributed by atoms with van der Waals surface area (Å²) in [5.41, 5.74) is 9.18. The lowest BCUT2D eigenvalue weighted by molar-refractivity contribution is 0.315. The van der Waals surface area contributed by atoms with E-state index in [0.29, 0.717) is 26.8 Å². The summed E-state index contributed by atoms with van der Waals surface area (Å²) < 4.78 is 4.75. The van der Waals surface area contributed by atoms with E-state index < -0.39 is 0 Å². The first-order valence-corrected chi connectivity index (χ1v) is 7.04. The lowest BCUT2D eigenvalue weighted by Crippen LogP contribution is -2.08. The molecular formula is C14H12Cl2N4O. The maximum Gasteiger partial charge on any atom is 0.160 e. The molecule has 108 valence electrons. The quantitative estimate of drug-likeness (QED) is 0.703. The first-order chi connectivity index (χ1) is 10.1. The standard InChI is InChI=1S/C14H12Cl2N4O/c1-7(9-3-2-8(15)6-10(9)16)18-12-5-4-11(17)13-14(12)20-21-19-13/h2-7,18H,17H2,1H3. The second-order valence-electron chi connectivity index (χ2n) is 4.70. The molecule has 3 rings (SSSR count). The van der Waals surface area contributed by atoms with E-state index in [1.54, 1.807) is 18.2 Å². The van der Waals surface area contributed by atoms with Gasteiger partial charge in [0.25, 0.3) is 0 Å². The number of hydrogen-bond donors (Lipinski definition) is 2. The molecule has 21 heavy (non-hydrogen) atoms. The van der Waals surface area contributed by atoms with Gasteiger partial charge in [0.1, 0.15) is 0 Å². The van der Waals surface area contributed by atoms with Gasteiger partial charge in [0, 0.05) is 10.0 Å². The highest BCUT2D eigenvalue weighted by Crippen LogP contribution is 2.31. The van der Waals surface area contributed by atoms with Crippen LogP contribution in [0.1, 0.15) is 18.5 Å².